The first-order valence-corrected chi connectivity index (χ1v) is 6.16. The summed E-state index contributed by atoms with van der Waals surface area (Å²) in [4.78, 5) is 3.06. The van der Waals surface area contributed by atoms with Crippen molar-refractivity contribution in [2.24, 2.45) is 7.05 Å². The van der Waals surface area contributed by atoms with Gasteiger partial charge in [0, 0.05) is 7.05 Å². The van der Waals surface area contributed by atoms with Gasteiger partial charge in [0.15, 0.2) is 4.77 Å². The van der Waals surface area contributed by atoms with E-state index < -0.39 is 0 Å². The molecule has 2 rings (SSSR count). The standard InChI is InChI=1S/C13H11N3S2/c1-8-3-5-9(6-4-8)11-10(7-14)12(17)16(2)13(18)15-11/h3-6H,1-2H3,(H,15,18). The summed E-state index contributed by atoms with van der Waals surface area (Å²) in [7, 11) is 1.75. The first kappa shape index (κ1) is 12.7. The van der Waals surface area contributed by atoms with Crippen LogP contribution in [0, 0.1) is 27.7 Å². The van der Waals surface area contributed by atoms with E-state index in [1.165, 1.54) is 0 Å². The number of aryl methyl sites for hydroxylation is 1. The van der Waals surface area contributed by atoms with E-state index in [2.05, 4.69) is 11.1 Å². The van der Waals surface area contributed by atoms with Crippen molar-refractivity contribution in [1.82, 2.24) is 9.55 Å². The molecule has 5 heteroatoms. The van der Waals surface area contributed by atoms with Gasteiger partial charge in [-0.1, -0.05) is 42.0 Å². The normalized spacial score (nSPS) is 10.1. The minimum absolute atomic E-state index is 0.449. The zero-order chi connectivity index (χ0) is 13.3. The highest BCUT2D eigenvalue weighted by Crippen LogP contribution is 2.22. The molecule has 0 aliphatic carbocycles. The molecule has 2 aromatic rings. The quantitative estimate of drug-likeness (QED) is 0.806. The summed E-state index contributed by atoms with van der Waals surface area (Å²) in [5.41, 5.74) is 3.21. The minimum Gasteiger partial charge on any atom is -0.331 e. The number of rotatable bonds is 1. The van der Waals surface area contributed by atoms with Crippen LogP contribution in [0.5, 0.6) is 0 Å². The van der Waals surface area contributed by atoms with Crippen LogP contribution in [0.4, 0.5) is 0 Å². The van der Waals surface area contributed by atoms with E-state index >= 15 is 0 Å². The third kappa shape index (κ3) is 2.13. The molecule has 1 aromatic carbocycles. The van der Waals surface area contributed by atoms with Gasteiger partial charge in [-0.05, 0) is 24.7 Å². The van der Waals surface area contributed by atoms with Crippen LogP contribution in [0.1, 0.15) is 11.1 Å². The lowest BCUT2D eigenvalue weighted by atomic mass is 10.1. The minimum atomic E-state index is 0.449. The van der Waals surface area contributed by atoms with E-state index in [0.717, 1.165) is 11.1 Å². The molecule has 18 heavy (non-hydrogen) atoms. The maximum atomic E-state index is 9.25. The average molecular weight is 273 g/mol. The number of aromatic amines is 1. The van der Waals surface area contributed by atoms with Gasteiger partial charge < -0.3 is 9.55 Å². The van der Waals surface area contributed by atoms with Gasteiger partial charge in [0.1, 0.15) is 16.3 Å². The Bertz CT molecular complexity index is 746. The number of nitriles is 1. The monoisotopic (exact) mass is 273 g/mol. The molecule has 0 saturated carbocycles. The highest BCUT2D eigenvalue weighted by molar-refractivity contribution is 7.72. The van der Waals surface area contributed by atoms with Crippen LogP contribution in [0.2, 0.25) is 0 Å². The molecule has 0 aliphatic heterocycles. The van der Waals surface area contributed by atoms with E-state index in [1.807, 2.05) is 31.2 Å². The van der Waals surface area contributed by atoms with E-state index in [4.69, 9.17) is 24.4 Å². The van der Waals surface area contributed by atoms with Gasteiger partial charge in [-0.15, -0.1) is 0 Å². The van der Waals surface area contributed by atoms with Gasteiger partial charge in [-0.2, -0.15) is 5.26 Å². The van der Waals surface area contributed by atoms with Crippen LogP contribution in [0.15, 0.2) is 24.3 Å². The first-order chi connectivity index (χ1) is 8.54. The number of nitrogens with zero attached hydrogens (tertiary/aromatic N) is 2. The molecule has 0 saturated heterocycles. The summed E-state index contributed by atoms with van der Waals surface area (Å²) in [6, 6.07) is 10.0. The molecule has 0 spiro atoms. The fourth-order valence-corrected chi connectivity index (χ4v) is 2.15. The van der Waals surface area contributed by atoms with Crippen LogP contribution in [-0.4, -0.2) is 9.55 Å². The third-order valence-corrected chi connectivity index (χ3v) is 3.61. The predicted octanol–water partition coefficient (Wildman–Crippen LogP) is 3.66. The summed E-state index contributed by atoms with van der Waals surface area (Å²) in [5, 5.41) is 9.25. The lowest BCUT2D eigenvalue weighted by molar-refractivity contribution is 0.827. The Morgan fingerprint density at radius 2 is 1.83 bits per heavy atom. The first-order valence-electron chi connectivity index (χ1n) is 5.35. The molecule has 0 unspecified atom stereocenters. The van der Waals surface area contributed by atoms with E-state index in [-0.39, 0.29) is 0 Å². The summed E-state index contributed by atoms with van der Waals surface area (Å²) >= 11 is 10.4. The van der Waals surface area contributed by atoms with Crippen molar-refractivity contribution >= 4 is 24.4 Å². The summed E-state index contributed by atoms with van der Waals surface area (Å²) < 4.78 is 2.59. The van der Waals surface area contributed by atoms with Crippen molar-refractivity contribution in [2.45, 2.75) is 6.92 Å². The Morgan fingerprint density at radius 1 is 1.22 bits per heavy atom. The molecule has 90 valence electrons. The van der Waals surface area contributed by atoms with Crippen molar-refractivity contribution in [2.75, 3.05) is 0 Å². The van der Waals surface area contributed by atoms with Crippen LogP contribution in [0.3, 0.4) is 0 Å². The molecular formula is C13H11N3S2. The fraction of sp³-hybridized carbons (Fsp3) is 0.154. The Kier molecular flexibility index (Phi) is 3.41. The number of hydrogen-bond donors (Lipinski definition) is 1. The maximum Gasteiger partial charge on any atom is 0.178 e. The van der Waals surface area contributed by atoms with Crippen molar-refractivity contribution < 1.29 is 0 Å². The lowest BCUT2D eigenvalue weighted by Crippen LogP contribution is -2.03. The van der Waals surface area contributed by atoms with Gasteiger partial charge in [0.25, 0.3) is 0 Å². The zero-order valence-corrected chi connectivity index (χ0v) is 11.7. The molecule has 0 fully saturated rings. The third-order valence-electron chi connectivity index (χ3n) is 2.76. The molecule has 0 amide bonds. The van der Waals surface area contributed by atoms with Gasteiger partial charge in [-0.25, -0.2) is 0 Å². The van der Waals surface area contributed by atoms with Crippen LogP contribution in [0.25, 0.3) is 11.3 Å². The summed E-state index contributed by atoms with van der Waals surface area (Å²) in [6.45, 7) is 2.01. The SMILES string of the molecule is Cc1ccc(-c2[nH]c(=S)n(C)c(=S)c2C#N)cc1. The summed E-state index contributed by atoms with van der Waals surface area (Å²) in [5.74, 6) is 0. The summed E-state index contributed by atoms with van der Waals surface area (Å²) in [6.07, 6.45) is 0. The van der Waals surface area contributed by atoms with Crippen LogP contribution in [-0.2, 0) is 7.05 Å². The maximum absolute atomic E-state index is 9.25. The van der Waals surface area contributed by atoms with Gasteiger partial charge >= 0.3 is 0 Å². The largest absolute Gasteiger partial charge is 0.331 e. The number of nitrogens with one attached hydrogen (secondary N) is 1. The topological polar surface area (TPSA) is 44.5 Å². The Morgan fingerprint density at radius 3 is 2.39 bits per heavy atom. The van der Waals surface area contributed by atoms with E-state index in [0.29, 0.717) is 20.7 Å². The second kappa shape index (κ2) is 4.84. The Labute approximate surface area is 115 Å². The Hall–Kier alpha value is -1.77. The molecule has 1 aromatic heterocycles. The lowest BCUT2D eigenvalue weighted by Gasteiger charge is -2.08. The molecule has 0 radical (unpaired) electrons. The highest BCUT2D eigenvalue weighted by Gasteiger charge is 2.09. The molecule has 0 bridgehead atoms. The average Bonchev–Trinajstić information content (AvgIpc) is 2.37. The number of hydrogen-bond acceptors (Lipinski definition) is 3. The molecule has 1 N–H and O–H groups in total. The molecule has 0 aliphatic rings. The molecule has 0 atom stereocenters. The second-order valence-corrected chi connectivity index (χ2v) is 4.80. The zero-order valence-electron chi connectivity index (χ0n) is 10.0. The van der Waals surface area contributed by atoms with Gasteiger partial charge in [0.2, 0.25) is 0 Å². The van der Waals surface area contributed by atoms with E-state index in [9.17, 15) is 5.26 Å². The van der Waals surface area contributed by atoms with Crippen molar-refractivity contribution in [3.63, 3.8) is 0 Å². The number of H-pyrrole nitrogens is 1. The molecule has 1 heterocycles. The van der Waals surface area contributed by atoms with Crippen LogP contribution < -0.4 is 0 Å². The smallest absolute Gasteiger partial charge is 0.178 e. The van der Waals surface area contributed by atoms with Gasteiger partial charge in [0.05, 0.1) is 5.69 Å². The van der Waals surface area contributed by atoms with Crippen molar-refractivity contribution in [3.8, 4) is 17.3 Å². The molecular weight excluding hydrogens is 262 g/mol. The number of aromatic nitrogens is 2. The van der Waals surface area contributed by atoms with Crippen molar-refractivity contribution in [3.05, 3.63) is 44.8 Å². The van der Waals surface area contributed by atoms with Crippen molar-refractivity contribution in [1.29, 1.82) is 5.26 Å². The fourth-order valence-electron chi connectivity index (χ4n) is 1.66. The predicted molar refractivity (Wildman–Crippen MR) is 76.3 cm³/mol. The van der Waals surface area contributed by atoms with Gasteiger partial charge in [-0.3, -0.25) is 0 Å². The van der Waals surface area contributed by atoms with E-state index in [1.54, 1.807) is 11.6 Å². The number of benzene rings is 1. The second-order valence-electron chi connectivity index (χ2n) is 4.02. The molecule has 3 nitrogen and oxygen atoms in total. The highest BCUT2D eigenvalue weighted by atomic mass is 32.1. The Balaban J connectivity index is 2.80. The van der Waals surface area contributed by atoms with Crippen LogP contribution >= 0.6 is 24.4 Å².